The average molecular weight is 180 g/mol. The van der Waals surface area contributed by atoms with E-state index in [0.717, 1.165) is 25.7 Å². The second-order valence-corrected chi connectivity index (χ2v) is 3.42. The molecule has 0 aromatic carbocycles. The summed E-state index contributed by atoms with van der Waals surface area (Å²) in [5.74, 6) is 0.514. The van der Waals surface area contributed by atoms with Crippen LogP contribution in [0.4, 0.5) is 0 Å². The Balaban J connectivity index is 0.000001000. The van der Waals surface area contributed by atoms with Gasteiger partial charge in [0.15, 0.2) is 0 Å². The molecule has 0 aromatic heterocycles. The van der Waals surface area contributed by atoms with Crippen LogP contribution in [0.25, 0.3) is 0 Å². The quantitative estimate of drug-likeness (QED) is 0.638. The Kier molecular flexibility index (Phi) is 5.06. The van der Waals surface area contributed by atoms with Crippen LogP contribution in [0, 0.1) is 5.92 Å². The number of rotatable bonds is 1. The standard InChI is InChI=1S/C8H17NO.ClH/c1-6(10)7-2-4-8(9)5-3-7;/h6-8,10H,2-5,9H2,1H3;1H/t6-,7?,8?;/m0./s1. The number of halogens is 1. The molecule has 0 radical (unpaired) electrons. The zero-order valence-electron chi connectivity index (χ0n) is 6.99. The Labute approximate surface area is 74.6 Å². The number of hydrogen-bond donors (Lipinski definition) is 2. The third-order valence-corrected chi connectivity index (χ3v) is 2.50. The van der Waals surface area contributed by atoms with Gasteiger partial charge in [0.1, 0.15) is 0 Å². The second-order valence-electron chi connectivity index (χ2n) is 3.42. The third kappa shape index (κ3) is 3.41. The first kappa shape index (κ1) is 11.2. The zero-order chi connectivity index (χ0) is 7.56. The van der Waals surface area contributed by atoms with E-state index in [1.54, 1.807) is 0 Å². The van der Waals surface area contributed by atoms with Gasteiger partial charge in [0.2, 0.25) is 0 Å². The average Bonchev–Trinajstić information content (AvgIpc) is 1.88. The van der Waals surface area contributed by atoms with Crippen LogP contribution in [0.2, 0.25) is 0 Å². The smallest absolute Gasteiger partial charge is 0.0540 e. The number of hydrogen-bond acceptors (Lipinski definition) is 2. The lowest BCUT2D eigenvalue weighted by Crippen LogP contribution is -2.30. The number of aliphatic hydroxyl groups excluding tert-OH is 1. The van der Waals surface area contributed by atoms with Crippen molar-refractivity contribution in [3.05, 3.63) is 0 Å². The Bertz CT molecular complexity index is 100. The third-order valence-electron chi connectivity index (χ3n) is 2.50. The molecule has 1 atom stereocenters. The Morgan fingerprint density at radius 2 is 1.73 bits per heavy atom. The van der Waals surface area contributed by atoms with Gasteiger partial charge in [0, 0.05) is 6.04 Å². The molecule has 68 valence electrons. The van der Waals surface area contributed by atoms with Gasteiger partial charge in [0.25, 0.3) is 0 Å². The highest BCUT2D eigenvalue weighted by Crippen LogP contribution is 2.25. The van der Waals surface area contributed by atoms with Crippen LogP contribution in [0.15, 0.2) is 0 Å². The molecule has 0 amide bonds. The van der Waals surface area contributed by atoms with E-state index in [4.69, 9.17) is 5.73 Å². The SMILES string of the molecule is C[C@H](O)C1CCC(N)CC1.Cl. The van der Waals surface area contributed by atoms with Crippen molar-refractivity contribution in [2.45, 2.75) is 44.8 Å². The Morgan fingerprint density at radius 1 is 1.27 bits per heavy atom. The van der Waals surface area contributed by atoms with E-state index in [2.05, 4.69) is 0 Å². The Morgan fingerprint density at radius 3 is 2.09 bits per heavy atom. The molecule has 0 aromatic rings. The molecule has 1 aliphatic rings. The Hall–Kier alpha value is 0.210. The lowest BCUT2D eigenvalue weighted by Gasteiger charge is -2.27. The molecule has 11 heavy (non-hydrogen) atoms. The summed E-state index contributed by atoms with van der Waals surface area (Å²) in [6.45, 7) is 1.88. The van der Waals surface area contributed by atoms with Gasteiger partial charge in [-0.15, -0.1) is 12.4 Å². The summed E-state index contributed by atoms with van der Waals surface area (Å²) < 4.78 is 0. The summed E-state index contributed by atoms with van der Waals surface area (Å²) in [5.41, 5.74) is 5.72. The van der Waals surface area contributed by atoms with Gasteiger partial charge in [-0.1, -0.05) is 0 Å². The molecule has 1 aliphatic carbocycles. The number of nitrogens with two attached hydrogens (primary N) is 1. The van der Waals surface area contributed by atoms with Gasteiger partial charge < -0.3 is 10.8 Å². The summed E-state index contributed by atoms with van der Waals surface area (Å²) >= 11 is 0. The van der Waals surface area contributed by atoms with Crippen LogP contribution in [0.5, 0.6) is 0 Å². The first-order chi connectivity index (χ1) is 4.70. The topological polar surface area (TPSA) is 46.2 Å². The van der Waals surface area contributed by atoms with Gasteiger partial charge >= 0.3 is 0 Å². The minimum absolute atomic E-state index is 0. The first-order valence-electron chi connectivity index (χ1n) is 4.14. The van der Waals surface area contributed by atoms with E-state index < -0.39 is 0 Å². The van der Waals surface area contributed by atoms with Crippen LogP contribution in [0.1, 0.15) is 32.6 Å². The largest absolute Gasteiger partial charge is 0.393 e. The highest BCUT2D eigenvalue weighted by molar-refractivity contribution is 5.85. The zero-order valence-corrected chi connectivity index (χ0v) is 7.81. The van der Waals surface area contributed by atoms with Crippen molar-refractivity contribution in [2.75, 3.05) is 0 Å². The first-order valence-corrected chi connectivity index (χ1v) is 4.14. The summed E-state index contributed by atoms with van der Waals surface area (Å²) in [7, 11) is 0. The molecular formula is C8H18ClNO. The van der Waals surface area contributed by atoms with Crippen LogP contribution < -0.4 is 5.73 Å². The lowest BCUT2D eigenvalue weighted by molar-refractivity contribution is 0.0972. The normalized spacial score (nSPS) is 34.1. The number of aliphatic hydroxyl groups is 1. The van der Waals surface area contributed by atoms with Gasteiger partial charge in [-0.25, -0.2) is 0 Å². The molecule has 0 aliphatic heterocycles. The van der Waals surface area contributed by atoms with Crippen molar-refractivity contribution in [3.63, 3.8) is 0 Å². The molecular weight excluding hydrogens is 162 g/mol. The van der Waals surface area contributed by atoms with Crippen molar-refractivity contribution >= 4 is 12.4 Å². The maximum atomic E-state index is 9.22. The van der Waals surface area contributed by atoms with Gasteiger partial charge in [-0.3, -0.25) is 0 Å². The van der Waals surface area contributed by atoms with Crippen molar-refractivity contribution in [2.24, 2.45) is 11.7 Å². The predicted octanol–water partition coefficient (Wildman–Crippen LogP) is 1.31. The molecule has 0 unspecified atom stereocenters. The van der Waals surface area contributed by atoms with Crippen molar-refractivity contribution in [1.29, 1.82) is 0 Å². The van der Waals surface area contributed by atoms with Crippen LogP contribution in [-0.4, -0.2) is 17.3 Å². The molecule has 1 rings (SSSR count). The molecule has 0 heterocycles. The van der Waals surface area contributed by atoms with Gasteiger partial charge in [0.05, 0.1) is 6.10 Å². The van der Waals surface area contributed by atoms with E-state index >= 15 is 0 Å². The molecule has 3 N–H and O–H groups in total. The molecule has 0 saturated heterocycles. The van der Waals surface area contributed by atoms with E-state index in [0.29, 0.717) is 12.0 Å². The minimum Gasteiger partial charge on any atom is -0.393 e. The maximum Gasteiger partial charge on any atom is 0.0540 e. The van der Waals surface area contributed by atoms with Crippen molar-refractivity contribution in [3.8, 4) is 0 Å². The van der Waals surface area contributed by atoms with E-state index in [9.17, 15) is 5.11 Å². The monoisotopic (exact) mass is 179 g/mol. The highest BCUT2D eigenvalue weighted by Gasteiger charge is 2.21. The molecule has 3 heteroatoms. The summed E-state index contributed by atoms with van der Waals surface area (Å²) in [6, 6.07) is 0.398. The van der Waals surface area contributed by atoms with E-state index in [1.807, 2.05) is 6.92 Å². The van der Waals surface area contributed by atoms with E-state index in [1.165, 1.54) is 0 Å². The summed E-state index contributed by atoms with van der Waals surface area (Å²) in [6.07, 6.45) is 4.27. The summed E-state index contributed by atoms with van der Waals surface area (Å²) in [5, 5.41) is 9.22. The molecule has 1 saturated carbocycles. The fraction of sp³-hybridized carbons (Fsp3) is 1.00. The van der Waals surface area contributed by atoms with Gasteiger partial charge in [-0.05, 0) is 38.5 Å². The molecule has 2 nitrogen and oxygen atoms in total. The van der Waals surface area contributed by atoms with Crippen LogP contribution in [0.3, 0.4) is 0 Å². The minimum atomic E-state index is -0.132. The fourth-order valence-corrected chi connectivity index (χ4v) is 1.63. The summed E-state index contributed by atoms with van der Waals surface area (Å²) in [4.78, 5) is 0. The lowest BCUT2D eigenvalue weighted by atomic mass is 9.84. The van der Waals surface area contributed by atoms with Crippen molar-refractivity contribution in [1.82, 2.24) is 0 Å². The van der Waals surface area contributed by atoms with Crippen molar-refractivity contribution < 1.29 is 5.11 Å². The predicted molar refractivity (Wildman–Crippen MR) is 48.9 cm³/mol. The molecule has 0 spiro atoms. The highest BCUT2D eigenvalue weighted by atomic mass is 35.5. The van der Waals surface area contributed by atoms with Crippen LogP contribution in [-0.2, 0) is 0 Å². The maximum absolute atomic E-state index is 9.22. The molecule has 0 bridgehead atoms. The van der Waals surface area contributed by atoms with Crippen LogP contribution >= 0.6 is 12.4 Å². The van der Waals surface area contributed by atoms with E-state index in [-0.39, 0.29) is 18.5 Å². The van der Waals surface area contributed by atoms with Gasteiger partial charge in [-0.2, -0.15) is 0 Å². The molecule has 1 fully saturated rings. The second kappa shape index (κ2) is 4.96. The fourth-order valence-electron chi connectivity index (χ4n) is 1.63.